The fourth-order valence-corrected chi connectivity index (χ4v) is 3.27. The Morgan fingerprint density at radius 3 is 2.83 bits per heavy atom. The standard InChI is InChI=1S/C19H23BrN6O3/c1-11(2)7-8-26-15-16(25(3)19(28)23-17(15)27)22-18(26)24-21-10-12-9-13(20)5-6-14(12)29-4/h5-6,9-11H,7-8H2,1-4H3,(H,22,24)(H,23,27,28)/b21-10+. The van der Waals surface area contributed by atoms with Crippen LogP contribution in [0.25, 0.3) is 11.2 Å². The van der Waals surface area contributed by atoms with Gasteiger partial charge in [-0.05, 0) is 30.5 Å². The van der Waals surface area contributed by atoms with Crippen LogP contribution < -0.4 is 21.4 Å². The van der Waals surface area contributed by atoms with Crippen LogP contribution in [-0.4, -0.2) is 32.4 Å². The van der Waals surface area contributed by atoms with E-state index in [2.05, 4.69) is 50.3 Å². The lowest BCUT2D eigenvalue weighted by atomic mass is 10.1. The van der Waals surface area contributed by atoms with Crippen LogP contribution >= 0.6 is 15.9 Å². The van der Waals surface area contributed by atoms with Crippen molar-refractivity contribution in [1.29, 1.82) is 0 Å². The van der Waals surface area contributed by atoms with Crippen LogP contribution in [-0.2, 0) is 13.6 Å². The van der Waals surface area contributed by atoms with Gasteiger partial charge in [-0.3, -0.25) is 14.3 Å². The fraction of sp³-hybridized carbons (Fsp3) is 0.368. The first-order valence-electron chi connectivity index (χ1n) is 9.14. The molecular weight excluding hydrogens is 440 g/mol. The zero-order valence-electron chi connectivity index (χ0n) is 16.7. The average molecular weight is 463 g/mol. The topological polar surface area (TPSA) is 106 Å². The summed E-state index contributed by atoms with van der Waals surface area (Å²) in [7, 11) is 3.16. The summed E-state index contributed by atoms with van der Waals surface area (Å²) in [4.78, 5) is 31.1. The van der Waals surface area contributed by atoms with Gasteiger partial charge in [-0.15, -0.1) is 0 Å². The smallest absolute Gasteiger partial charge is 0.329 e. The molecule has 3 rings (SSSR count). The van der Waals surface area contributed by atoms with Gasteiger partial charge in [0.05, 0.1) is 13.3 Å². The number of aromatic nitrogens is 4. The zero-order valence-corrected chi connectivity index (χ0v) is 18.3. The quantitative estimate of drug-likeness (QED) is 0.414. The molecule has 2 N–H and O–H groups in total. The summed E-state index contributed by atoms with van der Waals surface area (Å²) in [5, 5.41) is 4.27. The molecule has 3 aromatic rings. The van der Waals surface area contributed by atoms with Gasteiger partial charge >= 0.3 is 5.69 Å². The van der Waals surface area contributed by atoms with E-state index in [1.54, 1.807) is 24.9 Å². The summed E-state index contributed by atoms with van der Waals surface area (Å²) in [5.74, 6) is 1.49. The zero-order chi connectivity index (χ0) is 21.1. The molecule has 2 aromatic heterocycles. The van der Waals surface area contributed by atoms with Crippen molar-refractivity contribution in [3.05, 3.63) is 49.1 Å². The maximum atomic E-state index is 12.4. The van der Waals surface area contributed by atoms with Gasteiger partial charge in [-0.1, -0.05) is 29.8 Å². The molecule has 2 heterocycles. The minimum atomic E-state index is -0.509. The highest BCUT2D eigenvalue weighted by molar-refractivity contribution is 9.10. The van der Waals surface area contributed by atoms with Crippen molar-refractivity contribution in [1.82, 2.24) is 19.1 Å². The number of imidazole rings is 1. The summed E-state index contributed by atoms with van der Waals surface area (Å²) in [6.07, 6.45) is 2.45. The molecule has 0 aliphatic heterocycles. The van der Waals surface area contributed by atoms with Gasteiger partial charge in [0.15, 0.2) is 11.2 Å². The van der Waals surface area contributed by atoms with Gasteiger partial charge in [-0.2, -0.15) is 10.1 Å². The van der Waals surface area contributed by atoms with E-state index >= 15 is 0 Å². The maximum Gasteiger partial charge on any atom is 0.329 e. The summed E-state index contributed by atoms with van der Waals surface area (Å²) in [6, 6.07) is 5.58. The number of hydrogen-bond acceptors (Lipinski definition) is 6. The monoisotopic (exact) mass is 462 g/mol. The second-order valence-electron chi connectivity index (χ2n) is 7.02. The van der Waals surface area contributed by atoms with Crippen molar-refractivity contribution in [2.45, 2.75) is 26.8 Å². The number of nitrogens with zero attached hydrogens (tertiary/aromatic N) is 4. The number of nitrogens with one attached hydrogen (secondary N) is 2. The van der Waals surface area contributed by atoms with Gasteiger partial charge in [-0.25, -0.2) is 10.2 Å². The number of anilines is 1. The molecule has 0 radical (unpaired) electrons. The first kappa shape index (κ1) is 20.8. The summed E-state index contributed by atoms with van der Waals surface area (Å²) in [6.45, 7) is 4.77. The highest BCUT2D eigenvalue weighted by Gasteiger charge is 2.17. The molecule has 0 unspecified atom stereocenters. The minimum Gasteiger partial charge on any atom is -0.496 e. The molecule has 0 aliphatic carbocycles. The van der Waals surface area contributed by atoms with E-state index in [1.807, 2.05) is 18.2 Å². The Kier molecular flexibility index (Phi) is 6.21. The van der Waals surface area contributed by atoms with Crippen LogP contribution in [0.1, 0.15) is 25.8 Å². The lowest BCUT2D eigenvalue weighted by Gasteiger charge is -2.10. The van der Waals surface area contributed by atoms with Crippen LogP contribution in [0.2, 0.25) is 0 Å². The SMILES string of the molecule is COc1ccc(Br)cc1/C=N/Nc1nc2c(c(=O)[nH]c(=O)n2C)n1CCC(C)C. The normalized spacial score (nSPS) is 11.7. The fourth-order valence-electron chi connectivity index (χ4n) is 2.89. The van der Waals surface area contributed by atoms with Crippen molar-refractivity contribution in [2.75, 3.05) is 12.5 Å². The number of methoxy groups -OCH3 is 1. The number of H-pyrrole nitrogens is 1. The molecule has 0 amide bonds. The molecule has 0 bridgehead atoms. The van der Waals surface area contributed by atoms with Crippen LogP contribution in [0.4, 0.5) is 5.95 Å². The van der Waals surface area contributed by atoms with E-state index < -0.39 is 11.2 Å². The number of halogens is 1. The number of benzene rings is 1. The van der Waals surface area contributed by atoms with Crippen molar-refractivity contribution < 1.29 is 4.74 Å². The number of aryl methyl sites for hydroxylation is 2. The Morgan fingerprint density at radius 1 is 1.38 bits per heavy atom. The Morgan fingerprint density at radius 2 is 2.14 bits per heavy atom. The second-order valence-corrected chi connectivity index (χ2v) is 7.93. The highest BCUT2D eigenvalue weighted by atomic mass is 79.9. The molecule has 0 saturated carbocycles. The van der Waals surface area contributed by atoms with Crippen molar-refractivity contribution in [3.8, 4) is 5.75 Å². The number of rotatable bonds is 7. The van der Waals surface area contributed by atoms with Crippen molar-refractivity contribution in [3.63, 3.8) is 0 Å². The first-order valence-corrected chi connectivity index (χ1v) is 9.93. The van der Waals surface area contributed by atoms with Crippen LogP contribution in [0.5, 0.6) is 5.75 Å². The van der Waals surface area contributed by atoms with Gasteiger partial charge in [0.25, 0.3) is 5.56 Å². The lowest BCUT2D eigenvalue weighted by molar-refractivity contribution is 0.414. The molecule has 0 atom stereocenters. The third kappa shape index (κ3) is 4.42. The molecular formula is C19H23BrN6O3. The number of aromatic amines is 1. The molecule has 0 spiro atoms. The largest absolute Gasteiger partial charge is 0.496 e. The lowest BCUT2D eigenvalue weighted by Crippen LogP contribution is -2.29. The van der Waals surface area contributed by atoms with Gasteiger partial charge in [0.2, 0.25) is 5.95 Å². The molecule has 0 saturated heterocycles. The average Bonchev–Trinajstić information content (AvgIpc) is 3.04. The van der Waals surface area contributed by atoms with Crippen LogP contribution in [0.3, 0.4) is 0 Å². The summed E-state index contributed by atoms with van der Waals surface area (Å²) < 4.78 is 9.30. The number of hydrogen-bond donors (Lipinski definition) is 2. The van der Waals surface area contributed by atoms with Gasteiger partial charge in [0, 0.05) is 23.6 Å². The van der Waals surface area contributed by atoms with Crippen molar-refractivity contribution in [2.24, 2.45) is 18.1 Å². The first-order chi connectivity index (χ1) is 13.8. The van der Waals surface area contributed by atoms with E-state index in [0.29, 0.717) is 35.3 Å². The third-order valence-corrected chi connectivity index (χ3v) is 4.99. The Balaban J connectivity index is 2.02. The summed E-state index contributed by atoms with van der Waals surface area (Å²) >= 11 is 3.43. The number of ether oxygens (including phenoxy) is 1. The van der Waals surface area contributed by atoms with E-state index in [9.17, 15) is 9.59 Å². The number of fused-ring (bicyclic) bond motifs is 1. The molecule has 9 nitrogen and oxygen atoms in total. The molecule has 1 aromatic carbocycles. The highest BCUT2D eigenvalue weighted by Crippen LogP contribution is 2.22. The summed E-state index contributed by atoms with van der Waals surface area (Å²) in [5.41, 5.74) is 3.34. The number of hydrazone groups is 1. The molecule has 0 aliphatic rings. The Hall–Kier alpha value is -2.88. The van der Waals surface area contributed by atoms with Crippen LogP contribution in [0, 0.1) is 5.92 Å². The van der Waals surface area contributed by atoms with Crippen molar-refractivity contribution >= 4 is 39.3 Å². The van der Waals surface area contributed by atoms with E-state index in [1.165, 1.54) is 4.57 Å². The van der Waals surface area contributed by atoms with E-state index in [0.717, 1.165) is 16.5 Å². The Labute approximate surface area is 175 Å². The second kappa shape index (κ2) is 8.64. The molecule has 29 heavy (non-hydrogen) atoms. The molecule has 154 valence electrons. The molecule has 10 heteroatoms. The maximum absolute atomic E-state index is 12.4. The minimum absolute atomic E-state index is 0.306. The van der Waals surface area contributed by atoms with Gasteiger partial charge in [0.1, 0.15) is 5.75 Å². The predicted molar refractivity (Wildman–Crippen MR) is 117 cm³/mol. The predicted octanol–water partition coefficient (Wildman–Crippen LogP) is 2.69. The van der Waals surface area contributed by atoms with E-state index in [-0.39, 0.29) is 0 Å². The van der Waals surface area contributed by atoms with Crippen LogP contribution in [0.15, 0.2) is 37.4 Å². The Bertz CT molecular complexity index is 1180. The van der Waals surface area contributed by atoms with E-state index in [4.69, 9.17) is 4.74 Å². The van der Waals surface area contributed by atoms with Gasteiger partial charge < -0.3 is 9.30 Å². The molecule has 0 fully saturated rings. The third-order valence-electron chi connectivity index (χ3n) is 4.50.